The van der Waals surface area contributed by atoms with E-state index >= 15 is 0 Å². The highest BCUT2D eigenvalue weighted by molar-refractivity contribution is 5.82. The van der Waals surface area contributed by atoms with Crippen LogP contribution in [0.5, 0.6) is 0 Å². The van der Waals surface area contributed by atoms with Crippen LogP contribution in [0.3, 0.4) is 0 Å². The fourth-order valence-electron chi connectivity index (χ4n) is 2.31. The standard InChI is InChI=1S/C25H38O2/c1-4-5-6-7-8-9-10-11-12-13-14-15-16-17-18-19-20-21-22-23-25(26)27-24(2)3/h12-24H,4-11H2,1-3H3. The maximum Gasteiger partial charge on any atom is 0.330 e. The molecule has 0 aromatic heterocycles. The summed E-state index contributed by atoms with van der Waals surface area (Å²) in [6.45, 7) is 5.92. The van der Waals surface area contributed by atoms with Gasteiger partial charge in [-0.2, -0.15) is 0 Å². The zero-order valence-corrected chi connectivity index (χ0v) is 17.5. The number of carbonyl (C=O) groups excluding carboxylic acids is 1. The molecule has 0 atom stereocenters. The topological polar surface area (TPSA) is 26.3 Å². The van der Waals surface area contributed by atoms with Gasteiger partial charge >= 0.3 is 5.97 Å². The Labute approximate surface area is 167 Å². The lowest BCUT2D eigenvalue weighted by Crippen LogP contribution is -2.08. The van der Waals surface area contributed by atoms with Gasteiger partial charge in [-0.25, -0.2) is 4.79 Å². The van der Waals surface area contributed by atoms with Crippen molar-refractivity contribution in [3.05, 3.63) is 72.9 Å². The van der Waals surface area contributed by atoms with E-state index in [2.05, 4.69) is 25.2 Å². The third-order valence-corrected chi connectivity index (χ3v) is 3.69. The number of rotatable bonds is 15. The van der Waals surface area contributed by atoms with E-state index in [9.17, 15) is 4.79 Å². The van der Waals surface area contributed by atoms with Gasteiger partial charge in [-0.05, 0) is 26.7 Å². The minimum absolute atomic E-state index is 0.0839. The average Bonchev–Trinajstić information content (AvgIpc) is 2.63. The van der Waals surface area contributed by atoms with Crippen LogP contribution in [0.15, 0.2) is 72.9 Å². The molecule has 0 rings (SSSR count). The van der Waals surface area contributed by atoms with Crippen LogP contribution in [0.1, 0.15) is 72.1 Å². The van der Waals surface area contributed by atoms with E-state index in [0.29, 0.717) is 0 Å². The molecule has 150 valence electrons. The number of allylic oxidation sites excluding steroid dienone is 11. The number of esters is 1. The quantitative estimate of drug-likeness (QED) is 0.130. The molecular formula is C25H38O2. The zero-order chi connectivity index (χ0) is 20.0. The Morgan fingerprint density at radius 2 is 1.19 bits per heavy atom. The van der Waals surface area contributed by atoms with Gasteiger partial charge < -0.3 is 4.74 Å². The first-order chi connectivity index (χ1) is 13.2. The Morgan fingerprint density at radius 1 is 0.704 bits per heavy atom. The molecule has 0 unspecified atom stereocenters. The fraction of sp³-hybridized carbons (Fsp3) is 0.480. The highest BCUT2D eigenvalue weighted by Crippen LogP contribution is 2.08. The average molecular weight is 371 g/mol. The minimum atomic E-state index is -0.316. The second-order valence-electron chi connectivity index (χ2n) is 6.72. The largest absolute Gasteiger partial charge is 0.460 e. The molecule has 0 aromatic rings. The lowest BCUT2D eigenvalue weighted by molar-refractivity contribution is -0.141. The molecule has 0 aliphatic carbocycles. The molecule has 0 N–H and O–H groups in total. The van der Waals surface area contributed by atoms with Crippen LogP contribution in [0.25, 0.3) is 0 Å². The molecule has 0 aromatic carbocycles. The SMILES string of the molecule is CCCCCCCCCC=CC=CC=CC=CC=CC=CC(=O)OC(C)C. The third-order valence-electron chi connectivity index (χ3n) is 3.69. The van der Waals surface area contributed by atoms with E-state index in [0.717, 1.165) is 0 Å². The molecule has 0 amide bonds. The molecule has 27 heavy (non-hydrogen) atoms. The number of carbonyl (C=O) groups is 1. The summed E-state index contributed by atoms with van der Waals surface area (Å²) in [6.07, 6.45) is 33.7. The summed E-state index contributed by atoms with van der Waals surface area (Å²) in [5.74, 6) is -0.316. The lowest BCUT2D eigenvalue weighted by Gasteiger charge is -2.03. The normalized spacial score (nSPS) is 13.0. The van der Waals surface area contributed by atoms with Gasteiger partial charge in [-0.15, -0.1) is 0 Å². The maximum absolute atomic E-state index is 11.3. The van der Waals surface area contributed by atoms with E-state index < -0.39 is 0 Å². The fourth-order valence-corrected chi connectivity index (χ4v) is 2.31. The van der Waals surface area contributed by atoms with Crippen molar-refractivity contribution < 1.29 is 9.53 Å². The summed E-state index contributed by atoms with van der Waals surface area (Å²) < 4.78 is 4.99. The van der Waals surface area contributed by atoms with Crippen molar-refractivity contribution in [1.82, 2.24) is 0 Å². The molecule has 0 aliphatic heterocycles. The molecule has 2 heteroatoms. The summed E-state index contributed by atoms with van der Waals surface area (Å²) in [4.78, 5) is 11.3. The van der Waals surface area contributed by atoms with Gasteiger partial charge in [0, 0.05) is 6.08 Å². The van der Waals surface area contributed by atoms with Crippen molar-refractivity contribution in [3.63, 3.8) is 0 Å². The van der Waals surface area contributed by atoms with Gasteiger partial charge in [0.1, 0.15) is 0 Å². The van der Waals surface area contributed by atoms with E-state index in [1.807, 2.05) is 50.3 Å². The molecule has 0 bridgehead atoms. The Bertz CT molecular complexity index is 516. The molecule has 0 heterocycles. The summed E-state index contributed by atoms with van der Waals surface area (Å²) in [7, 11) is 0. The number of hydrogen-bond donors (Lipinski definition) is 0. The number of hydrogen-bond acceptors (Lipinski definition) is 2. The zero-order valence-electron chi connectivity index (χ0n) is 17.5. The van der Waals surface area contributed by atoms with E-state index in [4.69, 9.17) is 4.74 Å². The Kier molecular flexibility index (Phi) is 18.7. The molecular weight excluding hydrogens is 332 g/mol. The van der Waals surface area contributed by atoms with Crippen molar-refractivity contribution in [2.75, 3.05) is 0 Å². The van der Waals surface area contributed by atoms with Gasteiger partial charge in [-0.1, -0.05) is 112 Å². The Morgan fingerprint density at radius 3 is 1.74 bits per heavy atom. The van der Waals surface area contributed by atoms with Crippen molar-refractivity contribution in [1.29, 1.82) is 0 Å². The third kappa shape index (κ3) is 21.9. The van der Waals surface area contributed by atoms with Gasteiger partial charge in [0.15, 0.2) is 0 Å². The van der Waals surface area contributed by atoms with Crippen LogP contribution < -0.4 is 0 Å². The second kappa shape index (κ2) is 20.2. The van der Waals surface area contributed by atoms with Crippen molar-refractivity contribution in [3.8, 4) is 0 Å². The van der Waals surface area contributed by atoms with Crippen LogP contribution in [-0.4, -0.2) is 12.1 Å². The lowest BCUT2D eigenvalue weighted by atomic mass is 10.1. The summed E-state index contributed by atoms with van der Waals surface area (Å²) in [5, 5.41) is 0. The van der Waals surface area contributed by atoms with Gasteiger partial charge in [0.25, 0.3) is 0 Å². The molecule has 0 saturated carbocycles. The predicted octanol–water partition coefficient (Wildman–Crippen LogP) is 7.42. The van der Waals surface area contributed by atoms with Gasteiger partial charge in [0.2, 0.25) is 0 Å². The van der Waals surface area contributed by atoms with E-state index in [-0.39, 0.29) is 12.1 Å². The number of unbranched alkanes of at least 4 members (excludes halogenated alkanes) is 7. The predicted molar refractivity (Wildman–Crippen MR) is 119 cm³/mol. The summed E-state index contributed by atoms with van der Waals surface area (Å²) >= 11 is 0. The molecule has 0 radical (unpaired) electrons. The minimum Gasteiger partial charge on any atom is -0.460 e. The molecule has 2 nitrogen and oxygen atoms in total. The first kappa shape index (κ1) is 24.9. The Balaban J connectivity index is 3.68. The van der Waals surface area contributed by atoms with Crippen molar-refractivity contribution in [2.45, 2.75) is 78.2 Å². The van der Waals surface area contributed by atoms with Crippen molar-refractivity contribution in [2.24, 2.45) is 0 Å². The molecule has 0 fully saturated rings. The van der Waals surface area contributed by atoms with E-state index in [1.165, 1.54) is 57.4 Å². The second-order valence-corrected chi connectivity index (χ2v) is 6.72. The van der Waals surface area contributed by atoms with Crippen LogP contribution in [0.4, 0.5) is 0 Å². The van der Waals surface area contributed by atoms with Crippen LogP contribution in [0, 0.1) is 0 Å². The first-order valence-electron chi connectivity index (χ1n) is 10.4. The molecule has 0 aliphatic rings. The van der Waals surface area contributed by atoms with Crippen LogP contribution in [0.2, 0.25) is 0 Å². The number of ether oxygens (including phenoxy) is 1. The van der Waals surface area contributed by atoms with Gasteiger partial charge in [0.05, 0.1) is 6.10 Å². The van der Waals surface area contributed by atoms with Crippen LogP contribution in [-0.2, 0) is 9.53 Å². The first-order valence-corrected chi connectivity index (χ1v) is 10.4. The molecule has 0 saturated heterocycles. The highest BCUT2D eigenvalue weighted by atomic mass is 16.5. The maximum atomic E-state index is 11.3. The van der Waals surface area contributed by atoms with Crippen LogP contribution >= 0.6 is 0 Å². The van der Waals surface area contributed by atoms with E-state index in [1.54, 1.807) is 12.2 Å². The Hall–Kier alpha value is -2.09. The summed E-state index contributed by atoms with van der Waals surface area (Å²) in [6, 6.07) is 0. The smallest absolute Gasteiger partial charge is 0.330 e. The summed E-state index contributed by atoms with van der Waals surface area (Å²) in [5.41, 5.74) is 0. The van der Waals surface area contributed by atoms with Crippen molar-refractivity contribution >= 4 is 5.97 Å². The molecule has 0 spiro atoms. The highest BCUT2D eigenvalue weighted by Gasteiger charge is 1.97. The van der Waals surface area contributed by atoms with Gasteiger partial charge in [-0.3, -0.25) is 0 Å². The monoisotopic (exact) mass is 370 g/mol.